The van der Waals surface area contributed by atoms with Crippen LogP contribution in [0.4, 0.5) is 10.5 Å². The number of hydrogen-bond acceptors (Lipinski definition) is 2. The van der Waals surface area contributed by atoms with E-state index in [0.29, 0.717) is 22.2 Å². The molecule has 4 nitrogen and oxygen atoms in total. The summed E-state index contributed by atoms with van der Waals surface area (Å²) in [6.45, 7) is 1.77. The molecule has 1 aliphatic rings. The number of likely N-dealkylation sites (N-methyl/N-ethyl adjacent to an activating group) is 1. The molecule has 1 heterocycles. The standard InChI is InChI=1S/C18H15BrCl2N2O2/c1-18(10-11-3-5-12(19)6-4-11)16(24)23(17(25)22(18)2)15-8-13(20)7-14(21)9-15/h3-9H,10H2,1-2H3. The van der Waals surface area contributed by atoms with Crippen molar-refractivity contribution >= 4 is 56.8 Å². The lowest BCUT2D eigenvalue weighted by atomic mass is 9.91. The van der Waals surface area contributed by atoms with Gasteiger partial charge >= 0.3 is 6.03 Å². The molecular weight excluding hydrogens is 427 g/mol. The highest BCUT2D eigenvalue weighted by Gasteiger charge is 2.53. The molecule has 0 spiro atoms. The molecule has 25 heavy (non-hydrogen) atoms. The van der Waals surface area contributed by atoms with Crippen LogP contribution in [0.2, 0.25) is 10.0 Å². The van der Waals surface area contributed by atoms with Gasteiger partial charge in [0, 0.05) is 28.0 Å². The fourth-order valence-corrected chi connectivity index (χ4v) is 3.70. The number of hydrogen-bond donors (Lipinski definition) is 0. The molecule has 2 aromatic rings. The van der Waals surface area contributed by atoms with E-state index in [2.05, 4.69) is 15.9 Å². The summed E-state index contributed by atoms with van der Waals surface area (Å²) < 4.78 is 0.957. The summed E-state index contributed by atoms with van der Waals surface area (Å²) in [5.41, 5.74) is 0.350. The van der Waals surface area contributed by atoms with Crippen molar-refractivity contribution in [2.45, 2.75) is 18.9 Å². The summed E-state index contributed by atoms with van der Waals surface area (Å²) in [6.07, 6.45) is 0.409. The van der Waals surface area contributed by atoms with E-state index in [1.807, 2.05) is 24.3 Å². The van der Waals surface area contributed by atoms with E-state index in [0.717, 1.165) is 14.9 Å². The summed E-state index contributed by atoms with van der Waals surface area (Å²) in [5, 5.41) is 0.736. The van der Waals surface area contributed by atoms with Crippen LogP contribution in [0.25, 0.3) is 0 Å². The Morgan fingerprint density at radius 1 is 1.04 bits per heavy atom. The number of carbonyl (C=O) groups excluding carboxylic acids is 2. The maximum Gasteiger partial charge on any atom is 0.332 e. The molecule has 0 saturated carbocycles. The Hall–Kier alpha value is -1.56. The topological polar surface area (TPSA) is 40.6 Å². The Bertz CT molecular complexity index is 836. The number of halogens is 3. The van der Waals surface area contributed by atoms with Crippen LogP contribution in [0.5, 0.6) is 0 Å². The van der Waals surface area contributed by atoms with Crippen LogP contribution >= 0.6 is 39.1 Å². The number of anilines is 1. The summed E-state index contributed by atoms with van der Waals surface area (Å²) in [5.74, 6) is -0.304. The average Bonchev–Trinajstić information content (AvgIpc) is 2.70. The zero-order valence-electron chi connectivity index (χ0n) is 13.6. The number of amides is 3. The van der Waals surface area contributed by atoms with Crippen LogP contribution in [0.1, 0.15) is 12.5 Å². The molecule has 0 bridgehead atoms. The van der Waals surface area contributed by atoms with Crippen molar-refractivity contribution in [1.82, 2.24) is 4.90 Å². The Balaban J connectivity index is 1.98. The second-order valence-corrected chi connectivity index (χ2v) is 7.98. The van der Waals surface area contributed by atoms with Gasteiger partial charge in [-0.25, -0.2) is 9.69 Å². The van der Waals surface area contributed by atoms with Crippen LogP contribution in [0.15, 0.2) is 46.9 Å². The van der Waals surface area contributed by atoms with Crippen molar-refractivity contribution in [3.8, 4) is 0 Å². The lowest BCUT2D eigenvalue weighted by Gasteiger charge is -2.28. The van der Waals surface area contributed by atoms with Gasteiger partial charge in [0.2, 0.25) is 0 Å². The first kappa shape index (κ1) is 18.2. The quantitative estimate of drug-likeness (QED) is 0.617. The molecule has 130 valence electrons. The molecule has 0 N–H and O–H groups in total. The van der Waals surface area contributed by atoms with Gasteiger partial charge in [-0.2, -0.15) is 0 Å². The third kappa shape index (κ3) is 3.28. The van der Waals surface area contributed by atoms with Gasteiger partial charge in [0.1, 0.15) is 5.54 Å². The molecule has 3 rings (SSSR count). The fourth-order valence-electron chi connectivity index (χ4n) is 2.92. The SMILES string of the molecule is CN1C(=O)N(c2cc(Cl)cc(Cl)c2)C(=O)C1(C)Cc1ccc(Br)cc1. The maximum absolute atomic E-state index is 13.1. The lowest BCUT2D eigenvalue weighted by molar-refractivity contribution is -0.123. The average molecular weight is 442 g/mol. The molecule has 1 atom stereocenters. The van der Waals surface area contributed by atoms with Gasteiger partial charge in [-0.1, -0.05) is 51.3 Å². The molecule has 1 aliphatic heterocycles. The van der Waals surface area contributed by atoms with E-state index in [1.54, 1.807) is 32.2 Å². The molecule has 1 fully saturated rings. The van der Waals surface area contributed by atoms with Gasteiger partial charge in [0.25, 0.3) is 5.91 Å². The van der Waals surface area contributed by atoms with Gasteiger partial charge in [0.15, 0.2) is 0 Å². The zero-order chi connectivity index (χ0) is 18.4. The van der Waals surface area contributed by atoms with E-state index in [1.165, 1.54) is 4.90 Å². The van der Waals surface area contributed by atoms with E-state index >= 15 is 0 Å². The molecular formula is C18H15BrCl2N2O2. The Morgan fingerprint density at radius 3 is 2.16 bits per heavy atom. The summed E-state index contributed by atoms with van der Waals surface area (Å²) >= 11 is 15.4. The van der Waals surface area contributed by atoms with Crippen molar-refractivity contribution in [2.75, 3.05) is 11.9 Å². The molecule has 0 aromatic heterocycles. The Kier molecular flexibility index (Phi) is 4.84. The van der Waals surface area contributed by atoms with Crippen molar-refractivity contribution in [3.63, 3.8) is 0 Å². The van der Waals surface area contributed by atoms with Crippen LogP contribution in [-0.4, -0.2) is 29.4 Å². The molecule has 0 aliphatic carbocycles. The van der Waals surface area contributed by atoms with E-state index in [9.17, 15) is 9.59 Å². The van der Waals surface area contributed by atoms with Crippen LogP contribution in [0, 0.1) is 0 Å². The van der Waals surface area contributed by atoms with E-state index < -0.39 is 11.6 Å². The minimum absolute atomic E-state index is 0.304. The molecule has 0 radical (unpaired) electrons. The van der Waals surface area contributed by atoms with Crippen molar-refractivity contribution in [2.24, 2.45) is 0 Å². The van der Waals surface area contributed by atoms with Crippen LogP contribution in [0.3, 0.4) is 0 Å². The largest absolute Gasteiger partial charge is 0.332 e. The van der Waals surface area contributed by atoms with E-state index in [4.69, 9.17) is 23.2 Å². The number of benzene rings is 2. The van der Waals surface area contributed by atoms with Gasteiger partial charge in [-0.3, -0.25) is 4.79 Å². The summed E-state index contributed by atoms with van der Waals surface area (Å²) in [6, 6.07) is 12.0. The van der Waals surface area contributed by atoms with Crippen molar-refractivity contribution < 1.29 is 9.59 Å². The number of carbonyl (C=O) groups is 2. The Labute approximate surface area is 164 Å². The highest BCUT2D eigenvalue weighted by Crippen LogP contribution is 2.35. The predicted molar refractivity (Wildman–Crippen MR) is 103 cm³/mol. The van der Waals surface area contributed by atoms with Crippen molar-refractivity contribution in [1.29, 1.82) is 0 Å². The molecule has 1 saturated heterocycles. The second-order valence-electron chi connectivity index (χ2n) is 6.19. The number of nitrogens with zero attached hydrogens (tertiary/aromatic N) is 2. The third-order valence-corrected chi connectivity index (χ3v) is 5.41. The number of rotatable bonds is 3. The number of urea groups is 1. The molecule has 3 amide bonds. The van der Waals surface area contributed by atoms with Gasteiger partial charge < -0.3 is 4.90 Å². The van der Waals surface area contributed by atoms with E-state index in [-0.39, 0.29) is 5.91 Å². The van der Waals surface area contributed by atoms with Gasteiger partial charge in [-0.15, -0.1) is 0 Å². The summed E-state index contributed by atoms with van der Waals surface area (Å²) in [4.78, 5) is 28.4. The van der Waals surface area contributed by atoms with Crippen LogP contribution in [-0.2, 0) is 11.2 Å². The second kappa shape index (κ2) is 6.63. The minimum Gasteiger partial charge on any atom is -0.312 e. The lowest BCUT2D eigenvalue weighted by Crippen LogP contribution is -2.47. The zero-order valence-corrected chi connectivity index (χ0v) is 16.7. The smallest absolute Gasteiger partial charge is 0.312 e. The molecule has 1 unspecified atom stereocenters. The predicted octanol–water partition coefficient (Wildman–Crippen LogP) is 5.16. The van der Waals surface area contributed by atoms with Gasteiger partial charge in [-0.05, 0) is 42.8 Å². The minimum atomic E-state index is -0.986. The monoisotopic (exact) mass is 440 g/mol. The first-order valence-electron chi connectivity index (χ1n) is 7.55. The van der Waals surface area contributed by atoms with Crippen LogP contribution < -0.4 is 4.90 Å². The third-order valence-electron chi connectivity index (χ3n) is 4.45. The van der Waals surface area contributed by atoms with Crippen molar-refractivity contribution in [3.05, 3.63) is 62.5 Å². The number of imide groups is 1. The molecule has 7 heteroatoms. The van der Waals surface area contributed by atoms with Gasteiger partial charge in [0.05, 0.1) is 5.69 Å². The molecule has 2 aromatic carbocycles. The fraction of sp³-hybridized carbons (Fsp3) is 0.222. The Morgan fingerprint density at radius 2 is 1.60 bits per heavy atom. The highest BCUT2D eigenvalue weighted by molar-refractivity contribution is 9.10. The highest BCUT2D eigenvalue weighted by atomic mass is 79.9. The maximum atomic E-state index is 13.1. The first-order valence-corrected chi connectivity index (χ1v) is 9.10. The summed E-state index contributed by atoms with van der Waals surface area (Å²) in [7, 11) is 1.63. The normalized spacial score (nSPS) is 20.5. The first-order chi connectivity index (χ1) is 11.7.